The van der Waals surface area contributed by atoms with Crippen molar-refractivity contribution in [3.05, 3.63) is 23.9 Å². The van der Waals surface area contributed by atoms with Crippen LogP contribution in [-0.2, 0) is 11.3 Å². The molecule has 5 nitrogen and oxygen atoms in total. The molecule has 0 bridgehead atoms. The molecule has 0 aromatic carbocycles. The number of methoxy groups -OCH3 is 1. The predicted octanol–water partition coefficient (Wildman–Crippen LogP) is 1.06. The standard InChI is InChI=1S/C14H22N2O3/c1-18-14-12(3-2-6-15-14)11-16-7-4-13(5-8-16)19-10-9-17/h2-3,6,13,17H,4-5,7-11H2,1H3. The number of nitrogens with zero attached hydrogens (tertiary/aromatic N) is 2. The molecular weight excluding hydrogens is 244 g/mol. The number of piperidine rings is 1. The summed E-state index contributed by atoms with van der Waals surface area (Å²) >= 11 is 0. The fourth-order valence-corrected chi connectivity index (χ4v) is 2.42. The van der Waals surface area contributed by atoms with Crippen LogP contribution >= 0.6 is 0 Å². The Bertz CT molecular complexity index is 379. The lowest BCUT2D eigenvalue weighted by molar-refractivity contribution is -0.00911. The summed E-state index contributed by atoms with van der Waals surface area (Å²) in [5, 5.41) is 8.75. The van der Waals surface area contributed by atoms with E-state index in [0.29, 0.717) is 18.6 Å². The summed E-state index contributed by atoms with van der Waals surface area (Å²) in [4.78, 5) is 6.60. The minimum atomic E-state index is 0.104. The number of aromatic nitrogens is 1. The molecule has 1 aromatic rings. The topological polar surface area (TPSA) is 54.8 Å². The highest BCUT2D eigenvalue weighted by Crippen LogP contribution is 2.20. The van der Waals surface area contributed by atoms with Crippen LogP contribution in [0.4, 0.5) is 0 Å². The van der Waals surface area contributed by atoms with Crippen molar-refractivity contribution in [3.8, 4) is 5.88 Å². The molecule has 1 saturated heterocycles. The molecule has 2 rings (SSSR count). The molecule has 1 fully saturated rings. The number of hydrogen-bond acceptors (Lipinski definition) is 5. The summed E-state index contributed by atoms with van der Waals surface area (Å²) in [6.45, 7) is 3.43. The second-order valence-electron chi connectivity index (χ2n) is 4.74. The van der Waals surface area contributed by atoms with Crippen molar-refractivity contribution in [2.75, 3.05) is 33.4 Å². The Balaban J connectivity index is 1.82. The van der Waals surface area contributed by atoms with Crippen LogP contribution in [0.3, 0.4) is 0 Å². The molecule has 0 spiro atoms. The van der Waals surface area contributed by atoms with E-state index >= 15 is 0 Å². The number of rotatable bonds is 6. The van der Waals surface area contributed by atoms with Crippen LogP contribution in [-0.4, -0.2) is 54.5 Å². The van der Waals surface area contributed by atoms with Gasteiger partial charge in [-0.2, -0.15) is 0 Å². The van der Waals surface area contributed by atoms with Crippen LogP contribution in [0.5, 0.6) is 5.88 Å². The Morgan fingerprint density at radius 1 is 1.42 bits per heavy atom. The Morgan fingerprint density at radius 2 is 2.21 bits per heavy atom. The van der Waals surface area contributed by atoms with Crippen molar-refractivity contribution in [1.82, 2.24) is 9.88 Å². The zero-order chi connectivity index (χ0) is 13.5. The quantitative estimate of drug-likeness (QED) is 0.834. The van der Waals surface area contributed by atoms with Gasteiger partial charge >= 0.3 is 0 Å². The summed E-state index contributed by atoms with van der Waals surface area (Å²) in [6, 6.07) is 4.00. The Hall–Kier alpha value is -1.17. The fraction of sp³-hybridized carbons (Fsp3) is 0.643. The minimum Gasteiger partial charge on any atom is -0.481 e. The molecule has 1 aromatic heterocycles. The molecule has 0 radical (unpaired) electrons. The second kappa shape index (κ2) is 7.43. The van der Waals surface area contributed by atoms with Crippen LogP contribution < -0.4 is 4.74 Å². The Labute approximate surface area is 114 Å². The van der Waals surface area contributed by atoms with Crippen molar-refractivity contribution < 1.29 is 14.6 Å². The van der Waals surface area contributed by atoms with E-state index in [1.54, 1.807) is 13.3 Å². The van der Waals surface area contributed by atoms with E-state index in [4.69, 9.17) is 14.6 Å². The number of pyridine rings is 1. The maximum absolute atomic E-state index is 8.75. The molecule has 0 amide bonds. The van der Waals surface area contributed by atoms with E-state index in [2.05, 4.69) is 16.0 Å². The number of aliphatic hydroxyl groups is 1. The lowest BCUT2D eigenvalue weighted by atomic mass is 10.1. The van der Waals surface area contributed by atoms with Crippen molar-refractivity contribution >= 4 is 0 Å². The van der Waals surface area contributed by atoms with Gasteiger partial charge in [0.1, 0.15) is 0 Å². The third-order valence-corrected chi connectivity index (χ3v) is 3.42. The first kappa shape index (κ1) is 14.2. The third kappa shape index (κ3) is 4.16. The van der Waals surface area contributed by atoms with Crippen molar-refractivity contribution in [2.45, 2.75) is 25.5 Å². The Kier molecular flexibility index (Phi) is 5.57. The average Bonchev–Trinajstić information content (AvgIpc) is 2.47. The van der Waals surface area contributed by atoms with Gasteiger partial charge in [0, 0.05) is 31.4 Å². The molecule has 19 heavy (non-hydrogen) atoms. The van der Waals surface area contributed by atoms with Gasteiger partial charge in [0.2, 0.25) is 5.88 Å². The first-order valence-corrected chi connectivity index (χ1v) is 6.76. The molecule has 0 atom stereocenters. The van der Waals surface area contributed by atoms with E-state index < -0.39 is 0 Å². The zero-order valence-electron chi connectivity index (χ0n) is 11.4. The maximum Gasteiger partial charge on any atom is 0.217 e. The van der Waals surface area contributed by atoms with Crippen molar-refractivity contribution in [1.29, 1.82) is 0 Å². The Morgan fingerprint density at radius 3 is 2.89 bits per heavy atom. The van der Waals surface area contributed by atoms with Gasteiger partial charge < -0.3 is 14.6 Å². The summed E-state index contributed by atoms with van der Waals surface area (Å²) in [7, 11) is 1.65. The van der Waals surface area contributed by atoms with E-state index in [-0.39, 0.29) is 6.61 Å². The molecule has 1 aliphatic rings. The average molecular weight is 266 g/mol. The van der Waals surface area contributed by atoms with Gasteiger partial charge in [0.25, 0.3) is 0 Å². The number of likely N-dealkylation sites (tertiary alicyclic amines) is 1. The molecule has 0 aliphatic carbocycles. The number of aliphatic hydroxyl groups excluding tert-OH is 1. The first-order chi connectivity index (χ1) is 9.33. The molecule has 1 N–H and O–H groups in total. The lowest BCUT2D eigenvalue weighted by Gasteiger charge is -2.31. The normalized spacial score (nSPS) is 17.6. The van der Waals surface area contributed by atoms with Gasteiger partial charge in [-0.1, -0.05) is 6.07 Å². The monoisotopic (exact) mass is 266 g/mol. The summed E-state index contributed by atoms with van der Waals surface area (Å²) in [6.07, 6.45) is 4.07. The molecule has 106 valence electrons. The van der Waals surface area contributed by atoms with Crippen molar-refractivity contribution in [3.63, 3.8) is 0 Å². The third-order valence-electron chi connectivity index (χ3n) is 3.42. The van der Waals surface area contributed by atoms with Gasteiger partial charge in [-0.15, -0.1) is 0 Å². The van der Waals surface area contributed by atoms with Gasteiger partial charge in [-0.25, -0.2) is 4.98 Å². The van der Waals surface area contributed by atoms with Crippen LogP contribution in [0.2, 0.25) is 0 Å². The van der Waals surface area contributed by atoms with Crippen molar-refractivity contribution in [2.24, 2.45) is 0 Å². The number of ether oxygens (including phenoxy) is 2. The predicted molar refractivity (Wildman–Crippen MR) is 72.1 cm³/mol. The summed E-state index contributed by atoms with van der Waals surface area (Å²) < 4.78 is 10.8. The molecule has 1 aliphatic heterocycles. The lowest BCUT2D eigenvalue weighted by Crippen LogP contribution is -2.37. The van der Waals surface area contributed by atoms with Gasteiger partial charge in [-0.3, -0.25) is 4.90 Å². The van der Waals surface area contributed by atoms with Crippen LogP contribution in [0.15, 0.2) is 18.3 Å². The zero-order valence-corrected chi connectivity index (χ0v) is 11.4. The molecular formula is C14H22N2O3. The van der Waals surface area contributed by atoms with Gasteiger partial charge in [0.05, 0.1) is 26.4 Å². The van der Waals surface area contributed by atoms with Gasteiger partial charge in [-0.05, 0) is 18.9 Å². The second-order valence-corrected chi connectivity index (χ2v) is 4.74. The van der Waals surface area contributed by atoms with Gasteiger partial charge in [0.15, 0.2) is 0 Å². The minimum absolute atomic E-state index is 0.104. The van der Waals surface area contributed by atoms with E-state index in [1.165, 1.54) is 0 Å². The maximum atomic E-state index is 8.75. The first-order valence-electron chi connectivity index (χ1n) is 6.76. The molecule has 0 saturated carbocycles. The molecule has 5 heteroatoms. The number of hydrogen-bond donors (Lipinski definition) is 1. The van der Waals surface area contributed by atoms with E-state index in [0.717, 1.165) is 38.0 Å². The highest BCUT2D eigenvalue weighted by Gasteiger charge is 2.20. The van der Waals surface area contributed by atoms with Crippen LogP contribution in [0, 0.1) is 0 Å². The SMILES string of the molecule is COc1ncccc1CN1CCC(OCCO)CC1. The fourth-order valence-electron chi connectivity index (χ4n) is 2.42. The highest BCUT2D eigenvalue weighted by atomic mass is 16.5. The summed E-state index contributed by atoms with van der Waals surface area (Å²) in [5.41, 5.74) is 1.12. The van der Waals surface area contributed by atoms with E-state index in [1.807, 2.05) is 6.07 Å². The van der Waals surface area contributed by atoms with E-state index in [9.17, 15) is 0 Å². The molecule has 0 unspecified atom stereocenters. The highest BCUT2D eigenvalue weighted by molar-refractivity contribution is 5.25. The summed E-state index contributed by atoms with van der Waals surface area (Å²) in [5.74, 6) is 0.709. The largest absolute Gasteiger partial charge is 0.481 e. The van der Waals surface area contributed by atoms with Crippen LogP contribution in [0.25, 0.3) is 0 Å². The molecule has 2 heterocycles. The smallest absolute Gasteiger partial charge is 0.217 e. The van der Waals surface area contributed by atoms with Crippen LogP contribution in [0.1, 0.15) is 18.4 Å².